The van der Waals surface area contributed by atoms with Gasteiger partial charge in [0.05, 0.1) is 0 Å². The maximum atomic E-state index is 6.18. The molecule has 1 aromatic heterocycles. The molecule has 24 heavy (non-hydrogen) atoms. The third kappa shape index (κ3) is 3.19. The minimum absolute atomic E-state index is 0.669. The molecule has 0 atom stereocenters. The van der Waals surface area contributed by atoms with Gasteiger partial charge in [-0.05, 0) is 67.4 Å². The average Bonchev–Trinajstić information content (AvgIpc) is 3.21. The molecular formula is C20H20Cl2N2. The topological polar surface area (TPSA) is 8.17 Å². The van der Waals surface area contributed by atoms with Gasteiger partial charge in [0.2, 0.25) is 0 Å². The zero-order chi connectivity index (χ0) is 16.5. The lowest BCUT2D eigenvalue weighted by Crippen LogP contribution is -2.23. The highest BCUT2D eigenvalue weighted by molar-refractivity contribution is 6.35. The van der Waals surface area contributed by atoms with Crippen LogP contribution in [0.15, 0.2) is 48.7 Å². The summed E-state index contributed by atoms with van der Waals surface area (Å²) in [5.41, 5.74) is 3.51. The highest BCUT2D eigenvalue weighted by Gasteiger charge is 2.13. The number of hydrogen-bond acceptors (Lipinski definition) is 1. The maximum Gasteiger partial charge on any atom is 0.0486 e. The molecule has 0 spiro atoms. The Kier molecular flexibility index (Phi) is 4.53. The SMILES string of the molecule is Clc1cc(Cl)cc(-c2cccc3c2ccn3CCN2CCCC2)c1. The van der Waals surface area contributed by atoms with E-state index in [2.05, 4.69) is 39.9 Å². The molecule has 0 N–H and O–H groups in total. The summed E-state index contributed by atoms with van der Waals surface area (Å²) in [6.45, 7) is 4.64. The van der Waals surface area contributed by atoms with Crippen LogP contribution < -0.4 is 0 Å². The molecule has 0 unspecified atom stereocenters. The first-order chi connectivity index (χ1) is 11.7. The van der Waals surface area contributed by atoms with Crippen molar-refractivity contribution in [1.82, 2.24) is 9.47 Å². The number of halogens is 2. The van der Waals surface area contributed by atoms with Crippen LogP contribution in [0.1, 0.15) is 12.8 Å². The molecule has 1 fully saturated rings. The van der Waals surface area contributed by atoms with Crippen molar-refractivity contribution >= 4 is 34.1 Å². The van der Waals surface area contributed by atoms with Crippen LogP contribution in [0.5, 0.6) is 0 Å². The van der Waals surface area contributed by atoms with E-state index in [4.69, 9.17) is 23.2 Å². The number of nitrogens with zero attached hydrogens (tertiary/aromatic N) is 2. The van der Waals surface area contributed by atoms with Crippen LogP contribution in [0.3, 0.4) is 0 Å². The van der Waals surface area contributed by atoms with Gasteiger partial charge in [-0.2, -0.15) is 0 Å². The molecule has 0 bridgehead atoms. The highest BCUT2D eigenvalue weighted by atomic mass is 35.5. The smallest absolute Gasteiger partial charge is 0.0486 e. The molecule has 2 heterocycles. The maximum absolute atomic E-state index is 6.18. The van der Waals surface area contributed by atoms with Crippen LogP contribution in [-0.4, -0.2) is 29.1 Å². The second-order valence-electron chi connectivity index (χ2n) is 6.45. The van der Waals surface area contributed by atoms with Crippen LogP contribution >= 0.6 is 23.2 Å². The minimum Gasteiger partial charge on any atom is -0.346 e. The minimum atomic E-state index is 0.669. The highest BCUT2D eigenvalue weighted by Crippen LogP contribution is 2.33. The second kappa shape index (κ2) is 6.79. The molecular weight excluding hydrogens is 339 g/mol. The van der Waals surface area contributed by atoms with Crippen molar-refractivity contribution in [2.75, 3.05) is 19.6 Å². The van der Waals surface area contributed by atoms with E-state index in [0.717, 1.165) is 18.7 Å². The average molecular weight is 359 g/mol. The number of aromatic nitrogens is 1. The van der Waals surface area contributed by atoms with Crippen molar-refractivity contribution in [1.29, 1.82) is 0 Å². The monoisotopic (exact) mass is 358 g/mol. The summed E-state index contributed by atoms with van der Waals surface area (Å²) >= 11 is 12.4. The van der Waals surface area contributed by atoms with Gasteiger partial charge in [-0.15, -0.1) is 0 Å². The summed E-state index contributed by atoms with van der Waals surface area (Å²) in [5.74, 6) is 0. The fourth-order valence-corrected chi connectivity index (χ4v) is 4.16. The van der Waals surface area contributed by atoms with Gasteiger partial charge in [-0.25, -0.2) is 0 Å². The lowest BCUT2D eigenvalue weighted by Gasteiger charge is -2.15. The van der Waals surface area contributed by atoms with Gasteiger partial charge in [-0.3, -0.25) is 0 Å². The summed E-state index contributed by atoms with van der Waals surface area (Å²) in [6.07, 6.45) is 4.87. The Labute approximate surface area is 152 Å². The van der Waals surface area contributed by atoms with Crippen molar-refractivity contribution < 1.29 is 0 Å². The van der Waals surface area contributed by atoms with Crippen LogP contribution in [0.2, 0.25) is 10.0 Å². The van der Waals surface area contributed by atoms with Gasteiger partial charge in [0, 0.05) is 40.2 Å². The van der Waals surface area contributed by atoms with E-state index in [0.29, 0.717) is 10.0 Å². The Morgan fingerprint density at radius 1 is 0.875 bits per heavy atom. The third-order valence-corrected chi connectivity index (χ3v) is 5.28. The largest absolute Gasteiger partial charge is 0.346 e. The molecule has 124 valence electrons. The van der Waals surface area contributed by atoms with E-state index in [9.17, 15) is 0 Å². The van der Waals surface area contributed by atoms with E-state index in [-0.39, 0.29) is 0 Å². The van der Waals surface area contributed by atoms with Crippen molar-refractivity contribution in [2.45, 2.75) is 19.4 Å². The molecule has 1 saturated heterocycles. The zero-order valence-corrected chi connectivity index (χ0v) is 15.0. The van der Waals surface area contributed by atoms with Gasteiger partial charge >= 0.3 is 0 Å². The molecule has 4 rings (SSSR count). The summed E-state index contributed by atoms with van der Waals surface area (Å²) in [6, 6.07) is 14.4. The van der Waals surface area contributed by atoms with Crippen molar-refractivity contribution in [3.63, 3.8) is 0 Å². The predicted molar refractivity (Wildman–Crippen MR) is 103 cm³/mol. The van der Waals surface area contributed by atoms with E-state index < -0.39 is 0 Å². The first-order valence-electron chi connectivity index (χ1n) is 8.47. The Bertz CT molecular complexity index is 843. The van der Waals surface area contributed by atoms with Crippen LogP contribution in [-0.2, 0) is 6.54 Å². The van der Waals surface area contributed by atoms with Gasteiger partial charge in [0.25, 0.3) is 0 Å². The lowest BCUT2D eigenvalue weighted by atomic mass is 10.0. The summed E-state index contributed by atoms with van der Waals surface area (Å²) < 4.78 is 2.35. The second-order valence-corrected chi connectivity index (χ2v) is 7.33. The van der Waals surface area contributed by atoms with Gasteiger partial charge < -0.3 is 9.47 Å². The number of likely N-dealkylation sites (tertiary alicyclic amines) is 1. The van der Waals surface area contributed by atoms with Gasteiger partial charge in [0.15, 0.2) is 0 Å². The number of rotatable bonds is 4. The van der Waals surface area contributed by atoms with Gasteiger partial charge in [-0.1, -0.05) is 35.3 Å². The molecule has 0 radical (unpaired) electrons. The Morgan fingerprint density at radius 2 is 1.62 bits per heavy atom. The van der Waals surface area contributed by atoms with E-state index in [1.807, 2.05) is 12.1 Å². The van der Waals surface area contributed by atoms with Gasteiger partial charge in [0.1, 0.15) is 0 Å². The number of hydrogen-bond donors (Lipinski definition) is 0. The number of fused-ring (bicyclic) bond motifs is 1. The third-order valence-electron chi connectivity index (χ3n) is 4.84. The molecule has 4 heteroatoms. The summed E-state index contributed by atoms with van der Waals surface area (Å²) in [7, 11) is 0. The van der Waals surface area contributed by atoms with Crippen molar-refractivity contribution in [3.05, 3.63) is 58.7 Å². The molecule has 2 nitrogen and oxygen atoms in total. The first kappa shape index (κ1) is 16.0. The molecule has 1 aliphatic heterocycles. The molecule has 2 aromatic carbocycles. The molecule has 3 aromatic rings. The van der Waals surface area contributed by atoms with E-state index in [1.165, 1.54) is 42.4 Å². The molecule has 1 aliphatic rings. The first-order valence-corrected chi connectivity index (χ1v) is 9.23. The Morgan fingerprint density at radius 3 is 2.38 bits per heavy atom. The summed E-state index contributed by atoms with van der Waals surface area (Å²) in [5, 5.41) is 2.59. The quantitative estimate of drug-likeness (QED) is 0.579. The molecule has 0 amide bonds. The predicted octanol–water partition coefficient (Wildman–Crippen LogP) is 5.71. The van der Waals surface area contributed by atoms with Crippen molar-refractivity contribution in [2.24, 2.45) is 0 Å². The summed E-state index contributed by atoms with van der Waals surface area (Å²) in [4.78, 5) is 2.55. The molecule has 0 saturated carbocycles. The normalized spacial score (nSPS) is 15.4. The van der Waals surface area contributed by atoms with Crippen LogP contribution in [0.25, 0.3) is 22.0 Å². The lowest BCUT2D eigenvalue weighted by molar-refractivity contribution is 0.324. The molecule has 0 aliphatic carbocycles. The Hall–Kier alpha value is -1.48. The zero-order valence-electron chi connectivity index (χ0n) is 13.5. The Balaban J connectivity index is 1.68. The van der Waals surface area contributed by atoms with E-state index >= 15 is 0 Å². The van der Waals surface area contributed by atoms with E-state index in [1.54, 1.807) is 6.07 Å². The standard InChI is InChI=1S/C20H20Cl2N2/c21-16-12-15(13-17(22)14-16)18-4-3-5-20-19(18)6-9-24(20)11-10-23-7-1-2-8-23/h3-6,9,12-14H,1-2,7-8,10-11H2. The van der Waals surface area contributed by atoms with Crippen LogP contribution in [0.4, 0.5) is 0 Å². The fraction of sp³-hybridized carbons (Fsp3) is 0.300. The fourth-order valence-electron chi connectivity index (χ4n) is 3.63. The van der Waals surface area contributed by atoms with Crippen LogP contribution in [0, 0.1) is 0 Å². The van der Waals surface area contributed by atoms with Crippen molar-refractivity contribution in [3.8, 4) is 11.1 Å². The number of benzene rings is 2.